The fourth-order valence-corrected chi connectivity index (χ4v) is 3.50. The monoisotopic (exact) mass is 289 g/mol. The van der Waals surface area contributed by atoms with E-state index in [1.807, 2.05) is 6.07 Å². The summed E-state index contributed by atoms with van der Waals surface area (Å²) in [5, 5.41) is 9.48. The summed E-state index contributed by atoms with van der Waals surface area (Å²) in [6.45, 7) is 9.10. The maximum absolute atomic E-state index is 9.48. The second kappa shape index (κ2) is 6.32. The van der Waals surface area contributed by atoms with Gasteiger partial charge in [0.1, 0.15) is 5.82 Å². The molecular weight excluding hydrogens is 262 g/mol. The van der Waals surface area contributed by atoms with Gasteiger partial charge in [0, 0.05) is 24.8 Å². The average Bonchev–Trinajstić information content (AvgIpc) is 3.17. The van der Waals surface area contributed by atoms with Crippen LogP contribution in [0.25, 0.3) is 0 Å². The van der Waals surface area contributed by atoms with Crippen LogP contribution in [-0.2, 0) is 6.61 Å². The Labute approximate surface area is 127 Å². The molecule has 4 heteroatoms. The fraction of sp³-hybridized carbons (Fsp3) is 0.706. The molecule has 116 valence electrons. The quantitative estimate of drug-likeness (QED) is 0.924. The van der Waals surface area contributed by atoms with Crippen molar-refractivity contribution < 1.29 is 5.11 Å². The number of hydrogen-bond donors (Lipinski definition) is 1. The second-order valence-corrected chi connectivity index (χ2v) is 6.70. The van der Waals surface area contributed by atoms with Gasteiger partial charge in [0.25, 0.3) is 0 Å². The average molecular weight is 289 g/mol. The SMILES string of the molecule is CC(C)c1cc(CO)cc(N2CCC(N3CCCC3)C2)n1. The molecule has 1 unspecified atom stereocenters. The molecule has 3 heterocycles. The third kappa shape index (κ3) is 3.22. The number of pyridine rings is 1. The van der Waals surface area contributed by atoms with Gasteiger partial charge in [-0.15, -0.1) is 0 Å². The molecule has 0 aliphatic carbocycles. The number of aliphatic hydroxyl groups is 1. The third-order valence-corrected chi connectivity index (χ3v) is 4.81. The zero-order valence-corrected chi connectivity index (χ0v) is 13.3. The Hall–Kier alpha value is -1.13. The van der Waals surface area contributed by atoms with Crippen LogP contribution in [0.5, 0.6) is 0 Å². The lowest BCUT2D eigenvalue weighted by Gasteiger charge is -2.24. The lowest BCUT2D eigenvalue weighted by Crippen LogP contribution is -2.35. The summed E-state index contributed by atoms with van der Waals surface area (Å²) in [7, 11) is 0. The highest BCUT2D eigenvalue weighted by Gasteiger charge is 2.30. The van der Waals surface area contributed by atoms with Gasteiger partial charge >= 0.3 is 0 Å². The molecule has 2 saturated heterocycles. The van der Waals surface area contributed by atoms with Crippen molar-refractivity contribution >= 4 is 5.82 Å². The standard InChI is InChI=1S/C17H27N3O/c1-13(2)16-9-14(12-21)10-17(18-16)20-8-5-15(11-20)19-6-3-4-7-19/h9-10,13,15,21H,3-8,11-12H2,1-2H3. The Kier molecular flexibility index (Phi) is 4.45. The van der Waals surface area contributed by atoms with Gasteiger partial charge in [0.2, 0.25) is 0 Å². The molecule has 1 atom stereocenters. The highest BCUT2D eigenvalue weighted by atomic mass is 16.3. The normalized spacial score (nSPS) is 23.4. The van der Waals surface area contributed by atoms with E-state index in [0.717, 1.165) is 30.2 Å². The predicted molar refractivity (Wildman–Crippen MR) is 85.7 cm³/mol. The van der Waals surface area contributed by atoms with Crippen LogP contribution < -0.4 is 4.90 Å². The van der Waals surface area contributed by atoms with E-state index in [1.165, 1.54) is 32.4 Å². The summed E-state index contributed by atoms with van der Waals surface area (Å²) in [4.78, 5) is 9.86. The molecule has 21 heavy (non-hydrogen) atoms. The highest BCUT2D eigenvalue weighted by Crippen LogP contribution is 2.26. The van der Waals surface area contributed by atoms with Crippen molar-refractivity contribution in [3.8, 4) is 0 Å². The van der Waals surface area contributed by atoms with Crippen molar-refractivity contribution in [2.45, 2.75) is 51.7 Å². The van der Waals surface area contributed by atoms with Crippen LogP contribution in [0.4, 0.5) is 5.82 Å². The van der Waals surface area contributed by atoms with Crippen LogP contribution in [-0.4, -0.2) is 47.2 Å². The van der Waals surface area contributed by atoms with Gasteiger partial charge in [-0.05, 0) is 56.0 Å². The minimum atomic E-state index is 0.0959. The van der Waals surface area contributed by atoms with E-state index in [4.69, 9.17) is 4.98 Å². The Balaban J connectivity index is 1.75. The molecular formula is C17H27N3O. The van der Waals surface area contributed by atoms with Crippen LogP contribution in [0.15, 0.2) is 12.1 Å². The molecule has 0 radical (unpaired) electrons. The van der Waals surface area contributed by atoms with Crippen molar-refractivity contribution in [3.05, 3.63) is 23.4 Å². The van der Waals surface area contributed by atoms with Crippen LogP contribution in [0.2, 0.25) is 0 Å². The van der Waals surface area contributed by atoms with E-state index < -0.39 is 0 Å². The van der Waals surface area contributed by atoms with E-state index in [2.05, 4.69) is 29.7 Å². The number of aromatic nitrogens is 1. The van der Waals surface area contributed by atoms with Crippen LogP contribution in [0, 0.1) is 0 Å². The summed E-state index contributed by atoms with van der Waals surface area (Å²) in [6, 6.07) is 4.77. The topological polar surface area (TPSA) is 39.6 Å². The number of rotatable bonds is 4. The Morgan fingerprint density at radius 3 is 2.67 bits per heavy atom. The van der Waals surface area contributed by atoms with Crippen molar-refractivity contribution in [2.24, 2.45) is 0 Å². The number of anilines is 1. The number of likely N-dealkylation sites (tertiary alicyclic amines) is 1. The van der Waals surface area contributed by atoms with E-state index in [1.54, 1.807) is 0 Å². The van der Waals surface area contributed by atoms with Crippen LogP contribution in [0.1, 0.15) is 50.3 Å². The van der Waals surface area contributed by atoms with E-state index in [0.29, 0.717) is 12.0 Å². The van der Waals surface area contributed by atoms with Gasteiger partial charge in [-0.2, -0.15) is 0 Å². The first-order chi connectivity index (χ1) is 10.2. The molecule has 1 N–H and O–H groups in total. The van der Waals surface area contributed by atoms with Crippen LogP contribution in [0.3, 0.4) is 0 Å². The lowest BCUT2D eigenvalue weighted by molar-refractivity contribution is 0.260. The van der Waals surface area contributed by atoms with Gasteiger partial charge in [-0.1, -0.05) is 13.8 Å². The minimum absolute atomic E-state index is 0.0959. The molecule has 2 fully saturated rings. The molecule has 0 spiro atoms. The maximum Gasteiger partial charge on any atom is 0.129 e. The highest BCUT2D eigenvalue weighted by molar-refractivity contribution is 5.44. The molecule has 3 rings (SSSR count). The lowest BCUT2D eigenvalue weighted by atomic mass is 10.1. The molecule has 4 nitrogen and oxygen atoms in total. The minimum Gasteiger partial charge on any atom is -0.392 e. The van der Waals surface area contributed by atoms with Crippen molar-refractivity contribution in [3.63, 3.8) is 0 Å². The molecule has 0 amide bonds. The van der Waals surface area contributed by atoms with Crippen LogP contribution >= 0.6 is 0 Å². The number of nitrogens with zero attached hydrogens (tertiary/aromatic N) is 3. The smallest absolute Gasteiger partial charge is 0.129 e. The number of hydrogen-bond acceptors (Lipinski definition) is 4. The second-order valence-electron chi connectivity index (χ2n) is 6.70. The molecule has 1 aromatic heterocycles. The zero-order valence-electron chi connectivity index (χ0n) is 13.3. The van der Waals surface area contributed by atoms with Crippen molar-refractivity contribution in [1.29, 1.82) is 0 Å². The summed E-state index contributed by atoms with van der Waals surface area (Å²) in [5.74, 6) is 1.44. The largest absolute Gasteiger partial charge is 0.392 e. The van der Waals surface area contributed by atoms with Gasteiger partial charge in [-0.25, -0.2) is 4.98 Å². The van der Waals surface area contributed by atoms with E-state index >= 15 is 0 Å². The molecule has 2 aliphatic heterocycles. The summed E-state index contributed by atoms with van der Waals surface area (Å²) >= 11 is 0. The maximum atomic E-state index is 9.48. The molecule has 2 aliphatic rings. The van der Waals surface area contributed by atoms with Gasteiger partial charge in [0.15, 0.2) is 0 Å². The summed E-state index contributed by atoms with van der Waals surface area (Å²) in [5.41, 5.74) is 2.06. The van der Waals surface area contributed by atoms with Gasteiger partial charge < -0.3 is 10.0 Å². The first-order valence-electron chi connectivity index (χ1n) is 8.28. The molecule has 1 aromatic rings. The number of aliphatic hydroxyl groups excluding tert-OH is 1. The fourth-order valence-electron chi connectivity index (χ4n) is 3.50. The third-order valence-electron chi connectivity index (χ3n) is 4.81. The predicted octanol–water partition coefficient (Wildman–Crippen LogP) is 2.37. The Morgan fingerprint density at radius 2 is 2.00 bits per heavy atom. The van der Waals surface area contributed by atoms with E-state index in [9.17, 15) is 5.11 Å². The van der Waals surface area contributed by atoms with Gasteiger partial charge in [-0.3, -0.25) is 4.90 Å². The zero-order chi connectivity index (χ0) is 14.8. The Morgan fingerprint density at radius 1 is 1.24 bits per heavy atom. The van der Waals surface area contributed by atoms with Gasteiger partial charge in [0.05, 0.1) is 6.61 Å². The molecule has 0 saturated carbocycles. The van der Waals surface area contributed by atoms with Crippen molar-refractivity contribution in [1.82, 2.24) is 9.88 Å². The first-order valence-corrected chi connectivity index (χ1v) is 8.28. The molecule has 0 aromatic carbocycles. The summed E-state index contributed by atoms with van der Waals surface area (Å²) < 4.78 is 0. The Bertz CT molecular complexity index is 483. The molecule has 0 bridgehead atoms. The summed E-state index contributed by atoms with van der Waals surface area (Å²) in [6.07, 6.45) is 3.94. The van der Waals surface area contributed by atoms with Crippen molar-refractivity contribution in [2.75, 3.05) is 31.1 Å². The van der Waals surface area contributed by atoms with E-state index in [-0.39, 0.29) is 6.61 Å². The first kappa shape index (κ1) is 14.8.